The van der Waals surface area contributed by atoms with Crippen LogP contribution in [0.25, 0.3) is 0 Å². The Kier molecular flexibility index (Phi) is 4.29. The summed E-state index contributed by atoms with van der Waals surface area (Å²) in [5.74, 6) is 0.0103. The largest absolute Gasteiger partial charge is 0.491 e. The van der Waals surface area contributed by atoms with Gasteiger partial charge in [-0.25, -0.2) is 0 Å². The summed E-state index contributed by atoms with van der Waals surface area (Å²) >= 11 is 0. The lowest BCUT2D eigenvalue weighted by molar-refractivity contribution is -0.138. The molecule has 22 heavy (non-hydrogen) atoms. The number of rotatable bonds is 2. The molecule has 6 nitrogen and oxygen atoms in total. The number of hydrogen-bond acceptors (Lipinski definition) is 4. The summed E-state index contributed by atoms with van der Waals surface area (Å²) in [4.78, 5) is 26.3. The summed E-state index contributed by atoms with van der Waals surface area (Å²) in [6.45, 7) is 4.49. The number of anilines is 1. The number of aryl methyl sites for hydroxylation is 1. The summed E-state index contributed by atoms with van der Waals surface area (Å²) in [7, 11) is 0. The molecule has 6 heteroatoms. The minimum atomic E-state index is -0.469. The number of nitrogens with one attached hydrogen (secondary N) is 1. The maximum absolute atomic E-state index is 12.3. The van der Waals surface area contributed by atoms with Crippen LogP contribution in [0.1, 0.15) is 12.0 Å². The highest BCUT2D eigenvalue weighted by Crippen LogP contribution is 2.29. The molecular formula is C16H20N2O4. The molecule has 3 rings (SSSR count). The van der Waals surface area contributed by atoms with Crippen LogP contribution in [0.3, 0.4) is 0 Å². The van der Waals surface area contributed by atoms with E-state index in [-0.39, 0.29) is 24.8 Å². The zero-order chi connectivity index (χ0) is 15.5. The summed E-state index contributed by atoms with van der Waals surface area (Å²) in [6.07, 6.45) is 0.165. The topological polar surface area (TPSA) is 67.9 Å². The molecule has 1 saturated heterocycles. The molecule has 1 N–H and O–H groups in total. The lowest BCUT2D eigenvalue weighted by Crippen LogP contribution is -2.42. The van der Waals surface area contributed by atoms with Gasteiger partial charge in [-0.1, -0.05) is 6.07 Å². The Hall–Kier alpha value is -2.08. The summed E-state index contributed by atoms with van der Waals surface area (Å²) in [5.41, 5.74) is 1.73. The van der Waals surface area contributed by atoms with Gasteiger partial charge in [0.1, 0.15) is 12.4 Å². The predicted octanol–water partition coefficient (Wildman–Crippen LogP) is 1.19. The number of amides is 2. The third-order valence-electron chi connectivity index (χ3n) is 3.99. The van der Waals surface area contributed by atoms with Gasteiger partial charge in [-0.2, -0.15) is 0 Å². The molecular weight excluding hydrogens is 284 g/mol. The zero-order valence-electron chi connectivity index (χ0n) is 12.6. The van der Waals surface area contributed by atoms with Crippen molar-refractivity contribution in [2.75, 3.05) is 38.2 Å². The van der Waals surface area contributed by atoms with E-state index in [2.05, 4.69) is 5.32 Å². The van der Waals surface area contributed by atoms with E-state index in [1.54, 1.807) is 4.90 Å². The first-order chi connectivity index (χ1) is 10.6. The molecule has 0 aromatic heterocycles. The van der Waals surface area contributed by atoms with Crippen LogP contribution < -0.4 is 10.1 Å². The van der Waals surface area contributed by atoms with Crippen molar-refractivity contribution >= 4 is 17.5 Å². The van der Waals surface area contributed by atoms with Gasteiger partial charge in [0.05, 0.1) is 24.8 Å². The first-order valence-corrected chi connectivity index (χ1v) is 7.53. The Morgan fingerprint density at radius 3 is 2.91 bits per heavy atom. The maximum Gasteiger partial charge on any atom is 0.231 e. The molecule has 1 aromatic carbocycles. The number of benzene rings is 1. The van der Waals surface area contributed by atoms with Crippen LogP contribution in [-0.4, -0.2) is 49.6 Å². The molecule has 1 fully saturated rings. The second-order valence-corrected chi connectivity index (χ2v) is 5.69. The van der Waals surface area contributed by atoms with Crippen LogP contribution in [0.15, 0.2) is 18.2 Å². The van der Waals surface area contributed by atoms with Crippen LogP contribution in [0.2, 0.25) is 0 Å². The van der Waals surface area contributed by atoms with Gasteiger partial charge in [0.15, 0.2) is 0 Å². The van der Waals surface area contributed by atoms with Crippen molar-refractivity contribution in [3.05, 3.63) is 23.8 Å². The number of ether oxygens (including phenoxy) is 2. The van der Waals surface area contributed by atoms with Gasteiger partial charge in [-0.05, 0) is 24.6 Å². The lowest BCUT2D eigenvalue weighted by atomic mass is 10.0. The Labute approximate surface area is 129 Å². The van der Waals surface area contributed by atoms with E-state index in [4.69, 9.17) is 9.47 Å². The normalized spacial score (nSPS) is 21.4. The van der Waals surface area contributed by atoms with Gasteiger partial charge in [-0.15, -0.1) is 0 Å². The van der Waals surface area contributed by atoms with Gasteiger partial charge < -0.3 is 19.7 Å². The quantitative estimate of drug-likeness (QED) is 0.891. The number of carbonyl (C=O) groups excluding carboxylic acids is 2. The fourth-order valence-electron chi connectivity index (χ4n) is 2.66. The average molecular weight is 304 g/mol. The summed E-state index contributed by atoms with van der Waals surface area (Å²) < 4.78 is 11.0. The highest BCUT2D eigenvalue weighted by atomic mass is 16.5. The second-order valence-electron chi connectivity index (χ2n) is 5.69. The van der Waals surface area contributed by atoms with Crippen molar-refractivity contribution in [1.82, 2.24) is 4.90 Å². The summed E-state index contributed by atoms with van der Waals surface area (Å²) in [5, 5.41) is 2.85. The van der Waals surface area contributed by atoms with Gasteiger partial charge in [-0.3, -0.25) is 9.59 Å². The smallest absolute Gasteiger partial charge is 0.231 e. The number of nitrogens with zero attached hydrogens (tertiary/aromatic N) is 1. The van der Waals surface area contributed by atoms with E-state index < -0.39 is 5.92 Å². The fraction of sp³-hybridized carbons (Fsp3) is 0.500. The van der Waals surface area contributed by atoms with Crippen LogP contribution in [0.5, 0.6) is 5.75 Å². The van der Waals surface area contributed by atoms with Crippen LogP contribution in [0.4, 0.5) is 5.69 Å². The molecule has 2 aliphatic rings. The number of carbonyl (C=O) groups is 2. The fourth-order valence-corrected chi connectivity index (χ4v) is 2.66. The Balaban J connectivity index is 1.66. The molecule has 1 atom stereocenters. The zero-order valence-corrected chi connectivity index (χ0v) is 12.6. The van der Waals surface area contributed by atoms with E-state index >= 15 is 0 Å². The van der Waals surface area contributed by atoms with E-state index in [0.717, 1.165) is 5.56 Å². The number of fused-ring (bicyclic) bond motifs is 1. The number of morpholine rings is 1. The minimum absolute atomic E-state index is 0.0193. The molecule has 2 amide bonds. The van der Waals surface area contributed by atoms with Crippen molar-refractivity contribution in [3.63, 3.8) is 0 Å². The molecule has 2 aliphatic heterocycles. The molecule has 0 bridgehead atoms. The molecule has 1 unspecified atom stereocenters. The summed E-state index contributed by atoms with van der Waals surface area (Å²) in [6, 6.07) is 5.64. The monoisotopic (exact) mass is 304 g/mol. The lowest BCUT2D eigenvalue weighted by Gasteiger charge is -2.27. The SMILES string of the molecule is Cc1ccc2c(c1)OCC(CC(=O)N1CCOCC1)C(=O)N2. The van der Waals surface area contributed by atoms with Crippen molar-refractivity contribution in [3.8, 4) is 5.75 Å². The standard InChI is InChI=1S/C16H20N2O4/c1-11-2-3-13-14(8-11)22-10-12(16(20)17-13)9-15(19)18-4-6-21-7-5-18/h2-3,8,12H,4-7,9-10H2,1H3,(H,17,20). The van der Waals surface area contributed by atoms with E-state index in [0.29, 0.717) is 37.7 Å². The molecule has 0 spiro atoms. The van der Waals surface area contributed by atoms with Crippen molar-refractivity contribution < 1.29 is 19.1 Å². The molecule has 2 heterocycles. The van der Waals surface area contributed by atoms with Gasteiger partial charge in [0.2, 0.25) is 11.8 Å². The first kappa shape index (κ1) is 14.8. The molecule has 118 valence electrons. The Bertz CT molecular complexity index is 582. The third kappa shape index (κ3) is 3.22. The number of hydrogen-bond donors (Lipinski definition) is 1. The van der Waals surface area contributed by atoms with E-state index in [1.165, 1.54) is 0 Å². The van der Waals surface area contributed by atoms with Crippen molar-refractivity contribution in [2.45, 2.75) is 13.3 Å². The van der Waals surface area contributed by atoms with Crippen LogP contribution >= 0.6 is 0 Å². The first-order valence-electron chi connectivity index (χ1n) is 7.53. The predicted molar refractivity (Wildman–Crippen MR) is 80.8 cm³/mol. The highest BCUT2D eigenvalue weighted by Gasteiger charge is 2.29. The molecule has 0 radical (unpaired) electrons. The van der Waals surface area contributed by atoms with Gasteiger partial charge in [0.25, 0.3) is 0 Å². The van der Waals surface area contributed by atoms with Crippen molar-refractivity contribution in [1.29, 1.82) is 0 Å². The van der Waals surface area contributed by atoms with Gasteiger partial charge in [0, 0.05) is 19.5 Å². The molecule has 1 aromatic rings. The Morgan fingerprint density at radius 2 is 2.14 bits per heavy atom. The molecule has 0 aliphatic carbocycles. The van der Waals surface area contributed by atoms with E-state index in [1.807, 2.05) is 25.1 Å². The second kappa shape index (κ2) is 6.36. The third-order valence-corrected chi connectivity index (χ3v) is 3.99. The van der Waals surface area contributed by atoms with Crippen molar-refractivity contribution in [2.24, 2.45) is 5.92 Å². The van der Waals surface area contributed by atoms with E-state index in [9.17, 15) is 9.59 Å². The highest BCUT2D eigenvalue weighted by molar-refractivity contribution is 5.97. The maximum atomic E-state index is 12.3. The Morgan fingerprint density at radius 1 is 1.36 bits per heavy atom. The van der Waals surface area contributed by atoms with Gasteiger partial charge >= 0.3 is 0 Å². The van der Waals surface area contributed by atoms with Crippen LogP contribution in [-0.2, 0) is 14.3 Å². The molecule has 0 saturated carbocycles. The average Bonchev–Trinajstić information content (AvgIpc) is 2.68. The van der Waals surface area contributed by atoms with Crippen LogP contribution in [0, 0.1) is 12.8 Å². The minimum Gasteiger partial charge on any atom is -0.491 e.